The van der Waals surface area contributed by atoms with Crippen LogP contribution in [0.25, 0.3) is 11.3 Å². The second-order valence-corrected chi connectivity index (χ2v) is 3.23. The number of aromatic nitrogens is 1. The number of aryl methyl sites for hydroxylation is 2. The van der Waals surface area contributed by atoms with Crippen molar-refractivity contribution < 1.29 is 4.42 Å². The lowest BCUT2D eigenvalue weighted by Crippen LogP contribution is -1.83. The number of benzene rings is 1. The molecule has 0 amide bonds. The molecule has 0 radical (unpaired) electrons. The second kappa shape index (κ2) is 3.66. The summed E-state index contributed by atoms with van der Waals surface area (Å²) in [4.78, 5) is 4.34. The first-order valence-electron chi connectivity index (χ1n) is 4.83. The van der Waals surface area contributed by atoms with Gasteiger partial charge >= 0.3 is 0 Å². The van der Waals surface area contributed by atoms with E-state index in [4.69, 9.17) is 4.42 Å². The molecule has 14 heavy (non-hydrogen) atoms. The van der Waals surface area contributed by atoms with Gasteiger partial charge in [-0.15, -0.1) is 0 Å². The normalized spacial score (nSPS) is 10.4. The van der Waals surface area contributed by atoms with Crippen molar-refractivity contribution in [3.8, 4) is 11.3 Å². The van der Waals surface area contributed by atoms with Gasteiger partial charge in [-0.3, -0.25) is 0 Å². The lowest BCUT2D eigenvalue weighted by atomic mass is 10.1. The molecule has 1 aromatic heterocycles. The molecule has 2 heteroatoms. The van der Waals surface area contributed by atoms with E-state index < -0.39 is 0 Å². The molecule has 1 aromatic carbocycles. The van der Waals surface area contributed by atoms with Gasteiger partial charge in [-0.2, -0.15) is 0 Å². The van der Waals surface area contributed by atoms with Crippen LogP contribution in [0.4, 0.5) is 0 Å². The number of oxazole rings is 1. The van der Waals surface area contributed by atoms with Gasteiger partial charge in [0.2, 0.25) is 0 Å². The highest BCUT2D eigenvalue weighted by Gasteiger charge is 2.10. The summed E-state index contributed by atoms with van der Waals surface area (Å²) < 4.78 is 5.58. The van der Waals surface area contributed by atoms with Gasteiger partial charge in [-0.1, -0.05) is 37.3 Å². The molecule has 1 heterocycles. The molecule has 0 saturated heterocycles. The maximum absolute atomic E-state index is 5.58. The predicted octanol–water partition coefficient (Wildman–Crippen LogP) is 3.21. The summed E-state index contributed by atoms with van der Waals surface area (Å²) in [7, 11) is 0. The first-order valence-corrected chi connectivity index (χ1v) is 4.83. The maximum atomic E-state index is 5.58. The van der Waals surface area contributed by atoms with Crippen molar-refractivity contribution in [2.75, 3.05) is 0 Å². The van der Waals surface area contributed by atoms with Crippen molar-refractivity contribution in [1.82, 2.24) is 4.98 Å². The molecule has 0 aliphatic rings. The van der Waals surface area contributed by atoms with E-state index in [1.807, 2.05) is 37.3 Å². The minimum absolute atomic E-state index is 0.737. The average Bonchev–Trinajstić information content (AvgIpc) is 2.61. The Bertz CT molecular complexity index is 417. The Morgan fingerprint density at radius 2 is 1.93 bits per heavy atom. The fourth-order valence-corrected chi connectivity index (χ4v) is 1.52. The van der Waals surface area contributed by atoms with Gasteiger partial charge in [0.25, 0.3) is 0 Å². The van der Waals surface area contributed by atoms with Crippen LogP contribution in [0.15, 0.2) is 34.7 Å². The molecule has 0 fully saturated rings. The summed E-state index contributed by atoms with van der Waals surface area (Å²) in [6.07, 6.45) is 0.904. The van der Waals surface area contributed by atoms with Gasteiger partial charge in [0.15, 0.2) is 11.7 Å². The van der Waals surface area contributed by atoms with Gasteiger partial charge in [-0.05, 0) is 6.42 Å². The van der Waals surface area contributed by atoms with E-state index in [2.05, 4.69) is 11.9 Å². The number of hydrogen-bond acceptors (Lipinski definition) is 2. The molecule has 0 saturated carbocycles. The third kappa shape index (κ3) is 1.55. The van der Waals surface area contributed by atoms with Crippen LogP contribution in [-0.2, 0) is 6.42 Å². The molecule has 2 nitrogen and oxygen atoms in total. The minimum atomic E-state index is 0.737. The van der Waals surface area contributed by atoms with E-state index in [-0.39, 0.29) is 0 Å². The van der Waals surface area contributed by atoms with Crippen LogP contribution in [0, 0.1) is 6.92 Å². The standard InChI is InChI=1S/C12H13NO/c1-3-11-12(14-9(2)13-11)10-7-5-4-6-8-10/h4-8H,3H2,1-2H3. The van der Waals surface area contributed by atoms with Crippen molar-refractivity contribution in [2.45, 2.75) is 20.3 Å². The van der Waals surface area contributed by atoms with E-state index in [9.17, 15) is 0 Å². The smallest absolute Gasteiger partial charge is 0.192 e. The molecule has 0 N–H and O–H groups in total. The average molecular weight is 187 g/mol. The molecule has 2 aromatic rings. The number of hydrogen-bond donors (Lipinski definition) is 0. The van der Waals surface area contributed by atoms with Crippen LogP contribution in [0.2, 0.25) is 0 Å². The van der Waals surface area contributed by atoms with Crippen LogP contribution in [-0.4, -0.2) is 4.98 Å². The van der Waals surface area contributed by atoms with E-state index in [0.29, 0.717) is 0 Å². The first-order chi connectivity index (χ1) is 6.81. The molecule has 0 spiro atoms. The number of nitrogens with zero attached hydrogens (tertiary/aromatic N) is 1. The number of rotatable bonds is 2. The predicted molar refractivity (Wildman–Crippen MR) is 56.1 cm³/mol. The van der Waals surface area contributed by atoms with Gasteiger partial charge < -0.3 is 4.42 Å². The van der Waals surface area contributed by atoms with Crippen LogP contribution in [0.5, 0.6) is 0 Å². The lowest BCUT2D eigenvalue weighted by molar-refractivity contribution is 0.534. The zero-order valence-electron chi connectivity index (χ0n) is 8.45. The van der Waals surface area contributed by atoms with Crippen LogP contribution >= 0.6 is 0 Å². The monoisotopic (exact) mass is 187 g/mol. The van der Waals surface area contributed by atoms with E-state index in [0.717, 1.165) is 29.3 Å². The largest absolute Gasteiger partial charge is 0.441 e. The molecule has 0 aliphatic carbocycles. The van der Waals surface area contributed by atoms with Gasteiger partial charge in [0.1, 0.15) is 0 Å². The summed E-state index contributed by atoms with van der Waals surface area (Å²) in [6.45, 7) is 3.97. The minimum Gasteiger partial charge on any atom is -0.441 e. The zero-order chi connectivity index (χ0) is 9.97. The van der Waals surface area contributed by atoms with E-state index in [1.165, 1.54) is 0 Å². The summed E-state index contributed by atoms with van der Waals surface area (Å²) in [5.41, 5.74) is 2.14. The second-order valence-electron chi connectivity index (χ2n) is 3.23. The Hall–Kier alpha value is -1.57. The van der Waals surface area contributed by atoms with Crippen molar-refractivity contribution in [2.24, 2.45) is 0 Å². The van der Waals surface area contributed by atoms with E-state index in [1.54, 1.807) is 0 Å². The Morgan fingerprint density at radius 3 is 2.57 bits per heavy atom. The van der Waals surface area contributed by atoms with Gasteiger partial charge in [0.05, 0.1) is 5.69 Å². The summed E-state index contributed by atoms with van der Waals surface area (Å²) in [6, 6.07) is 10.1. The van der Waals surface area contributed by atoms with Gasteiger partial charge in [-0.25, -0.2) is 4.98 Å². The highest BCUT2D eigenvalue weighted by Crippen LogP contribution is 2.24. The highest BCUT2D eigenvalue weighted by molar-refractivity contribution is 5.59. The summed E-state index contributed by atoms with van der Waals surface area (Å²) >= 11 is 0. The molecular weight excluding hydrogens is 174 g/mol. The molecule has 0 unspecified atom stereocenters. The molecule has 0 atom stereocenters. The lowest BCUT2D eigenvalue weighted by Gasteiger charge is -1.97. The van der Waals surface area contributed by atoms with Crippen molar-refractivity contribution in [1.29, 1.82) is 0 Å². The Morgan fingerprint density at radius 1 is 1.21 bits per heavy atom. The molecular formula is C12H13NO. The SMILES string of the molecule is CCc1nc(C)oc1-c1ccccc1. The maximum Gasteiger partial charge on any atom is 0.192 e. The van der Waals surface area contributed by atoms with Crippen LogP contribution < -0.4 is 0 Å². The van der Waals surface area contributed by atoms with Crippen LogP contribution in [0.1, 0.15) is 18.5 Å². The van der Waals surface area contributed by atoms with Crippen molar-refractivity contribution >= 4 is 0 Å². The molecule has 0 bridgehead atoms. The quantitative estimate of drug-likeness (QED) is 0.721. The third-order valence-electron chi connectivity index (χ3n) is 2.18. The first kappa shape index (κ1) is 9.00. The fourth-order valence-electron chi connectivity index (χ4n) is 1.52. The Balaban J connectivity index is 2.51. The Kier molecular flexibility index (Phi) is 2.35. The molecule has 2 rings (SSSR count). The van der Waals surface area contributed by atoms with Crippen molar-refractivity contribution in [3.05, 3.63) is 41.9 Å². The zero-order valence-corrected chi connectivity index (χ0v) is 8.45. The topological polar surface area (TPSA) is 26.0 Å². The molecule has 0 aliphatic heterocycles. The van der Waals surface area contributed by atoms with Crippen LogP contribution in [0.3, 0.4) is 0 Å². The van der Waals surface area contributed by atoms with Crippen molar-refractivity contribution in [3.63, 3.8) is 0 Å². The molecule has 72 valence electrons. The summed E-state index contributed by atoms with van der Waals surface area (Å²) in [5.74, 6) is 1.64. The third-order valence-corrected chi connectivity index (χ3v) is 2.18. The highest BCUT2D eigenvalue weighted by atomic mass is 16.4. The van der Waals surface area contributed by atoms with Gasteiger partial charge in [0, 0.05) is 12.5 Å². The fraction of sp³-hybridized carbons (Fsp3) is 0.250. The van der Waals surface area contributed by atoms with E-state index >= 15 is 0 Å². The summed E-state index contributed by atoms with van der Waals surface area (Å²) in [5, 5.41) is 0. The Labute approximate surface area is 83.6 Å².